The lowest BCUT2D eigenvalue weighted by Crippen LogP contribution is -2.22. The predicted octanol–water partition coefficient (Wildman–Crippen LogP) is 4.05. The average Bonchev–Trinajstić information content (AvgIpc) is 2.67. The zero-order chi connectivity index (χ0) is 21.4. The lowest BCUT2D eigenvalue weighted by Gasteiger charge is -2.15. The van der Waals surface area contributed by atoms with Crippen molar-refractivity contribution in [2.24, 2.45) is 0 Å². The van der Waals surface area contributed by atoms with Crippen LogP contribution >= 0.6 is 23.4 Å². The van der Waals surface area contributed by atoms with E-state index in [1.54, 1.807) is 49.4 Å². The Morgan fingerprint density at radius 3 is 2.59 bits per heavy atom. The molecule has 0 aliphatic rings. The number of nitrogens with one attached hydrogen (secondary N) is 2. The Labute approximate surface area is 177 Å². The van der Waals surface area contributed by atoms with Crippen molar-refractivity contribution < 1.29 is 24.2 Å². The highest BCUT2D eigenvalue weighted by molar-refractivity contribution is 8.00. The van der Waals surface area contributed by atoms with Crippen LogP contribution in [0, 0.1) is 0 Å². The van der Waals surface area contributed by atoms with Crippen LogP contribution in [-0.2, 0) is 14.4 Å². The molecule has 0 bridgehead atoms. The summed E-state index contributed by atoms with van der Waals surface area (Å²) in [5.74, 6) is -1.51. The van der Waals surface area contributed by atoms with Gasteiger partial charge in [-0.2, -0.15) is 0 Å². The van der Waals surface area contributed by atoms with Gasteiger partial charge >= 0.3 is 5.97 Å². The first-order valence-corrected chi connectivity index (χ1v) is 9.67. The molecule has 7 nitrogen and oxygen atoms in total. The highest BCUT2D eigenvalue weighted by atomic mass is 35.5. The fourth-order valence-corrected chi connectivity index (χ4v) is 3.35. The SMILES string of the molecule is COc1ccc(Cl)cc1NC(=O)C(C)Sc1cccc(NC(=O)/C=C/C(=O)O)c1. The number of hydrogen-bond acceptors (Lipinski definition) is 5. The number of carbonyl (C=O) groups excluding carboxylic acids is 2. The molecule has 2 amide bonds. The molecule has 152 valence electrons. The molecular weight excluding hydrogens is 416 g/mol. The van der Waals surface area contributed by atoms with Crippen LogP contribution in [0.15, 0.2) is 59.5 Å². The molecule has 0 aromatic heterocycles. The first kappa shape index (κ1) is 22.3. The summed E-state index contributed by atoms with van der Waals surface area (Å²) in [4.78, 5) is 35.5. The van der Waals surface area contributed by atoms with Crippen molar-refractivity contribution in [2.45, 2.75) is 17.1 Å². The van der Waals surface area contributed by atoms with Crippen LogP contribution in [0.25, 0.3) is 0 Å². The maximum atomic E-state index is 12.5. The molecule has 29 heavy (non-hydrogen) atoms. The second-order valence-corrected chi connectivity index (χ2v) is 7.63. The summed E-state index contributed by atoms with van der Waals surface area (Å²) in [6.45, 7) is 1.75. The molecule has 0 saturated carbocycles. The number of anilines is 2. The van der Waals surface area contributed by atoms with Gasteiger partial charge in [-0.1, -0.05) is 17.7 Å². The third-order valence-electron chi connectivity index (χ3n) is 3.58. The zero-order valence-corrected chi connectivity index (χ0v) is 17.2. The molecule has 2 aromatic rings. The maximum Gasteiger partial charge on any atom is 0.328 e. The fourth-order valence-electron chi connectivity index (χ4n) is 2.25. The number of hydrogen-bond donors (Lipinski definition) is 3. The fraction of sp³-hybridized carbons (Fsp3) is 0.150. The highest BCUT2D eigenvalue weighted by Gasteiger charge is 2.17. The Hall–Kier alpha value is -2.97. The van der Waals surface area contributed by atoms with Crippen molar-refractivity contribution >= 4 is 52.5 Å². The quantitative estimate of drug-likeness (QED) is 0.427. The second-order valence-electron chi connectivity index (χ2n) is 5.78. The molecule has 0 aliphatic carbocycles. The van der Waals surface area contributed by atoms with E-state index in [1.807, 2.05) is 0 Å². The number of amides is 2. The molecular formula is C20H19ClN2O5S. The summed E-state index contributed by atoms with van der Waals surface area (Å²) in [5.41, 5.74) is 0.961. The van der Waals surface area contributed by atoms with E-state index < -0.39 is 17.1 Å². The molecule has 2 rings (SSSR count). The molecule has 1 unspecified atom stereocenters. The molecule has 2 aromatic carbocycles. The Kier molecular flexibility index (Phi) is 8.11. The van der Waals surface area contributed by atoms with Crippen molar-refractivity contribution in [2.75, 3.05) is 17.7 Å². The Morgan fingerprint density at radius 1 is 1.14 bits per heavy atom. The third kappa shape index (κ3) is 7.17. The molecule has 9 heteroatoms. The lowest BCUT2D eigenvalue weighted by molar-refractivity contribution is -0.131. The van der Waals surface area contributed by atoms with Gasteiger partial charge in [0, 0.05) is 27.8 Å². The smallest absolute Gasteiger partial charge is 0.328 e. The predicted molar refractivity (Wildman–Crippen MR) is 114 cm³/mol. The summed E-state index contributed by atoms with van der Waals surface area (Å²) in [7, 11) is 1.50. The minimum absolute atomic E-state index is 0.241. The molecule has 0 fully saturated rings. The topological polar surface area (TPSA) is 105 Å². The number of carboxylic acids is 1. The summed E-state index contributed by atoms with van der Waals surface area (Å²) in [6.07, 6.45) is 1.68. The standard InChI is InChI=1S/C20H19ClN2O5S/c1-12(20(27)23-16-10-13(21)6-7-17(16)28-2)29-15-5-3-4-14(11-15)22-18(24)8-9-19(25)26/h3-12H,1-2H3,(H,22,24)(H,23,27)(H,25,26)/b9-8+. The minimum Gasteiger partial charge on any atom is -0.495 e. The summed E-state index contributed by atoms with van der Waals surface area (Å²) < 4.78 is 5.22. The van der Waals surface area contributed by atoms with Crippen molar-refractivity contribution in [1.29, 1.82) is 0 Å². The van der Waals surface area contributed by atoms with Crippen LogP contribution in [0.4, 0.5) is 11.4 Å². The van der Waals surface area contributed by atoms with Gasteiger partial charge in [-0.3, -0.25) is 9.59 Å². The normalized spacial score (nSPS) is 11.7. The molecule has 0 aliphatic heterocycles. The Balaban J connectivity index is 2.02. The highest BCUT2D eigenvalue weighted by Crippen LogP contribution is 2.30. The number of carbonyl (C=O) groups is 3. The Morgan fingerprint density at radius 2 is 1.90 bits per heavy atom. The number of methoxy groups -OCH3 is 1. The van der Waals surface area contributed by atoms with Crippen molar-refractivity contribution in [3.8, 4) is 5.75 Å². The molecule has 0 saturated heterocycles. The van der Waals surface area contributed by atoms with Gasteiger partial charge < -0.3 is 20.5 Å². The zero-order valence-electron chi connectivity index (χ0n) is 15.6. The third-order valence-corrected chi connectivity index (χ3v) is 4.91. The van der Waals surface area contributed by atoms with E-state index >= 15 is 0 Å². The largest absolute Gasteiger partial charge is 0.495 e. The summed E-state index contributed by atoms with van der Waals surface area (Å²) >= 11 is 7.28. The molecule has 0 spiro atoms. The number of carboxylic acid groups (broad SMARTS) is 1. The number of aliphatic carboxylic acids is 1. The number of halogens is 1. The van der Waals surface area contributed by atoms with E-state index in [0.29, 0.717) is 22.1 Å². The van der Waals surface area contributed by atoms with Crippen LogP contribution < -0.4 is 15.4 Å². The van der Waals surface area contributed by atoms with E-state index in [4.69, 9.17) is 21.4 Å². The van der Waals surface area contributed by atoms with Gasteiger partial charge in [0.1, 0.15) is 5.75 Å². The Bertz CT molecular complexity index is 948. The van der Waals surface area contributed by atoms with Gasteiger partial charge in [0.25, 0.3) is 0 Å². The number of thioether (sulfide) groups is 1. The molecule has 1 atom stereocenters. The number of ether oxygens (including phenoxy) is 1. The van der Waals surface area contributed by atoms with Crippen LogP contribution in [0.5, 0.6) is 5.75 Å². The van der Waals surface area contributed by atoms with E-state index in [0.717, 1.165) is 17.0 Å². The summed E-state index contributed by atoms with van der Waals surface area (Å²) in [6, 6.07) is 11.8. The van der Waals surface area contributed by atoms with E-state index in [9.17, 15) is 14.4 Å². The molecule has 0 heterocycles. The minimum atomic E-state index is -1.21. The first-order chi connectivity index (χ1) is 13.8. The average molecular weight is 435 g/mol. The van der Waals surface area contributed by atoms with Gasteiger partial charge in [0.15, 0.2) is 0 Å². The molecule has 0 radical (unpaired) electrons. The monoisotopic (exact) mass is 434 g/mol. The van der Waals surface area contributed by atoms with Crippen LogP contribution in [0.2, 0.25) is 5.02 Å². The molecule has 3 N–H and O–H groups in total. The van der Waals surface area contributed by atoms with E-state index in [-0.39, 0.29) is 5.91 Å². The number of benzene rings is 2. The summed E-state index contributed by atoms with van der Waals surface area (Å²) in [5, 5.41) is 13.9. The first-order valence-electron chi connectivity index (χ1n) is 8.41. The van der Waals surface area contributed by atoms with Crippen molar-refractivity contribution in [3.05, 3.63) is 59.6 Å². The van der Waals surface area contributed by atoms with Gasteiger partial charge in [-0.15, -0.1) is 11.8 Å². The van der Waals surface area contributed by atoms with Crippen LogP contribution in [-0.4, -0.2) is 35.2 Å². The van der Waals surface area contributed by atoms with Crippen molar-refractivity contribution in [1.82, 2.24) is 0 Å². The van der Waals surface area contributed by atoms with Gasteiger partial charge in [-0.05, 0) is 43.3 Å². The second kappa shape index (κ2) is 10.5. The van der Waals surface area contributed by atoms with E-state index in [1.165, 1.54) is 18.9 Å². The van der Waals surface area contributed by atoms with E-state index in [2.05, 4.69) is 10.6 Å². The van der Waals surface area contributed by atoms with Crippen LogP contribution in [0.1, 0.15) is 6.92 Å². The maximum absolute atomic E-state index is 12.5. The lowest BCUT2D eigenvalue weighted by atomic mass is 10.3. The van der Waals surface area contributed by atoms with Gasteiger partial charge in [-0.25, -0.2) is 4.79 Å². The van der Waals surface area contributed by atoms with Crippen LogP contribution in [0.3, 0.4) is 0 Å². The van der Waals surface area contributed by atoms with Gasteiger partial charge in [0.05, 0.1) is 18.0 Å². The number of rotatable bonds is 8. The van der Waals surface area contributed by atoms with Crippen molar-refractivity contribution in [3.63, 3.8) is 0 Å². The van der Waals surface area contributed by atoms with Gasteiger partial charge in [0.2, 0.25) is 11.8 Å².